The van der Waals surface area contributed by atoms with E-state index in [1.807, 2.05) is 0 Å². The first-order valence-corrected chi connectivity index (χ1v) is 10.2. The zero-order valence-electron chi connectivity index (χ0n) is 15.8. The van der Waals surface area contributed by atoms with Crippen LogP contribution in [0.1, 0.15) is 58.3 Å². The van der Waals surface area contributed by atoms with Gasteiger partial charge in [0.15, 0.2) is 17.7 Å². The van der Waals surface area contributed by atoms with E-state index in [2.05, 4.69) is 6.58 Å². The van der Waals surface area contributed by atoms with E-state index in [4.69, 9.17) is 28.4 Å². The van der Waals surface area contributed by atoms with Crippen LogP contribution in [0, 0.1) is 0 Å². The van der Waals surface area contributed by atoms with E-state index in [0.717, 1.165) is 51.4 Å². The van der Waals surface area contributed by atoms with Crippen LogP contribution >= 0.6 is 0 Å². The first-order valence-electron chi connectivity index (χ1n) is 10.2. The third kappa shape index (κ3) is 3.04. The first kappa shape index (κ1) is 18.1. The highest BCUT2D eigenvalue weighted by molar-refractivity contribution is 5.87. The Morgan fingerprint density at radius 3 is 2.22 bits per heavy atom. The molecular formula is C20H28O7. The Morgan fingerprint density at radius 1 is 0.926 bits per heavy atom. The summed E-state index contributed by atoms with van der Waals surface area (Å²) in [5, 5.41) is 0. The number of rotatable bonds is 3. The van der Waals surface area contributed by atoms with Gasteiger partial charge in [-0.1, -0.05) is 6.58 Å². The molecular weight excluding hydrogens is 352 g/mol. The van der Waals surface area contributed by atoms with Crippen LogP contribution in [-0.2, 0) is 33.2 Å². The van der Waals surface area contributed by atoms with Crippen molar-refractivity contribution in [3.05, 3.63) is 12.2 Å². The fourth-order valence-corrected chi connectivity index (χ4v) is 5.10. The minimum absolute atomic E-state index is 0.246. The van der Waals surface area contributed by atoms with Crippen molar-refractivity contribution in [2.45, 2.75) is 101 Å². The Labute approximate surface area is 159 Å². The summed E-state index contributed by atoms with van der Waals surface area (Å²) in [5.74, 6) is -1.53. The average molecular weight is 380 g/mol. The van der Waals surface area contributed by atoms with Gasteiger partial charge in [0.2, 0.25) is 6.29 Å². The quantitative estimate of drug-likeness (QED) is 0.550. The molecule has 5 aliphatic rings. The molecule has 2 saturated carbocycles. The van der Waals surface area contributed by atoms with Gasteiger partial charge in [0.25, 0.3) is 0 Å². The van der Waals surface area contributed by atoms with Crippen molar-refractivity contribution in [2.75, 3.05) is 6.61 Å². The van der Waals surface area contributed by atoms with Crippen LogP contribution in [0.5, 0.6) is 0 Å². The topological polar surface area (TPSA) is 72.5 Å². The summed E-state index contributed by atoms with van der Waals surface area (Å²) >= 11 is 0. The third-order valence-corrected chi connectivity index (χ3v) is 6.45. The van der Waals surface area contributed by atoms with Crippen LogP contribution in [0.25, 0.3) is 0 Å². The maximum atomic E-state index is 12.1. The van der Waals surface area contributed by atoms with Crippen molar-refractivity contribution in [2.24, 2.45) is 0 Å². The van der Waals surface area contributed by atoms with Crippen molar-refractivity contribution >= 4 is 5.97 Å². The summed E-state index contributed by atoms with van der Waals surface area (Å²) in [4.78, 5) is 12.1. The Bertz CT molecular complexity index is 620. The molecule has 7 heteroatoms. The van der Waals surface area contributed by atoms with Crippen LogP contribution in [0.2, 0.25) is 0 Å². The van der Waals surface area contributed by atoms with Gasteiger partial charge >= 0.3 is 5.97 Å². The number of carbonyl (C=O) groups is 1. The SMILES string of the molecule is C=C(C)C(=O)OC1OC(C2COC3(CCCC3)O2)C2OC3(CCCC3)OC12. The van der Waals surface area contributed by atoms with E-state index < -0.39 is 29.9 Å². The zero-order valence-corrected chi connectivity index (χ0v) is 15.8. The molecule has 0 radical (unpaired) electrons. The van der Waals surface area contributed by atoms with Crippen LogP contribution in [0.15, 0.2) is 12.2 Å². The van der Waals surface area contributed by atoms with Gasteiger partial charge in [-0.25, -0.2) is 4.79 Å². The first-order chi connectivity index (χ1) is 13.0. The van der Waals surface area contributed by atoms with Crippen molar-refractivity contribution in [1.29, 1.82) is 0 Å². The summed E-state index contributed by atoms with van der Waals surface area (Å²) < 4.78 is 36.6. The van der Waals surface area contributed by atoms with E-state index in [-0.39, 0.29) is 18.3 Å². The Morgan fingerprint density at radius 2 is 1.56 bits per heavy atom. The molecule has 0 bridgehead atoms. The van der Waals surface area contributed by atoms with Gasteiger partial charge in [-0.3, -0.25) is 0 Å². The predicted octanol–water partition coefficient (Wildman–Crippen LogP) is 2.57. The smallest absolute Gasteiger partial charge is 0.335 e. The molecule has 5 fully saturated rings. The van der Waals surface area contributed by atoms with Crippen LogP contribution < -0.4 is 0 Å². The summed E-state index contributed by atoms with van der Waals surface area (Å²) in [6.07, 6.45) is 5.74. The highest BCUT2D eigenvalue weighted by Gasteiger charge is 2.63. The molecule has 2 spiro atoms. The summed E-state index contributed by atoms with van der Waals surface area (Å²) in [5.41, 5.74) is 0.332. The van der Waals surface area contributed by atoms with E-state index in [9.17, 15) is 4.79 Å². The molecule has 2 aliphatic carbocycles. The maximum Gasteiger partial charge on any atom is 0.335 e. The van der Waals surface area contributed by atoms with Crippen molar-refractivity contribution < 1.29 is 33.2 Å². The summed E-state index contributed by atoms with van der Waals surface area (Å²) in [7, 11) is 0. The van der Waals surface area contributed by atoms with E-state index in [0.29, 0.717) is 12.2 Å². The molecule has 0 N–H and O–H groups in total. The average Bonchev–Trinajstić information content (AvgIpc) is 3.43. The number of fused-ring (bicyclic) bond motifs is 1. The molecule has 3 saturated heterocycles. The Hall–Kier alpha value is -0.990. The second kappa shape index (κ2) is 6.52. The van der Waals surface area contributed by atoms with Gasteiger partial charge in [-0.05, 0) is 32.6 Å². The molecule has 0 aromatic carbocycles. The van der Waals surface area contributed by atoms with E-state index >= 15 is 0 Å². The minimum Gasteiger partial charge on any atom is -0.429 e. The van der Waals surface area contributed by atoms with E-state index in [1.165, 1.54) is 0 Å². The van der Waals surface area contributed by atoms with Gasteiger partial charge in [0.05, 0.1) is 6.61 Å². The largest absolute Gasteiger partial charge is 0.429 e. The summed E-state index contributed by atoms with van der Waals surface area (Å²) in [6.45, 7) is 5.73. The fraction of sp³-hybridized carbons (Fsp3) is 0.850. The number of hydrogen-bond donors (Lipinski definition) is 0. The molecule has 5 rings (SSSR count). The van der Waals surface area contributed by atoms with Gasteiger partial charge in [0.1, 0.15) is 18.3 Å². The standard InChI is InChI=1S/C20H28O7/c1-12(2)17(21)24-18-16-15(26-20(27-16)9-5-6-10-20)14(23-18)13-11-22-19(25-13)7-3-4-8-19/h13-16,18H,1,3-11H2,2H3. The maximum absolute atomic E-state index is 12.1. The number of ether oxygens (including phenoxy) is 6. The highest BCUT2D eigenvalue weighted by Crippen LogP contribution is 2.49. The van der Waals surface area contributed by atoms with Crippen molar-refractivity contribution in [1.82, 2.24) is 0 Å². The van der Waals surface area contributed by atoms with Gasteiger partial charge in [0, 0.05) is 31.3 Å². The van der Waals surface area contributed by atoms with E-state index in [1.54, 1.807) is 6.92 Å². The lowest BCUT2D eigenvalue weighted by Crippen LogP contribution is -2.41. The lowest BCUT2D eigenvalue weighted by atomic mass is 10.1. The van der Waals surface area contributed by atoms with Crippen LogP contribution in [0.4, 0.5) is 0 Å². The lowest BCUT2D eigenvalue weighted by Gasteiger charge is -2.29. The molecule has 0 aromatic heterocycles. The zero-order chi connectivity index (χ0) is 18.6. The lowest BCUT2D eigenvalue weighted by molar-refractivity contribution is -0.253. The molecule has 0 aromatic rings. The molecule has 5 atom stereocenters. The van der Waals surface area contributed by atoms with Crippen LogP contribution in [-0.4, -0.2) is 54.9 Å². The van der Waals surface area contributed by atoms with Gasteiger partial charge in [-0.2, -0.15) is 0 Å². The highest BCUT2D eigenvalue weighted by atomic mass is 16.8. The van der Waals surface area contributed by atoms with Crippen molar-refractivity contribution in [3.63, 3.8) is 0 Å². The molecule has 5 unspecified atom stereocenters. The Balaban J connectivity index is 1.35. The normalized spacial score (nSPS) is 41.4. The molecule has 3 aliphatic heterocycles. The van der Waals surface area contributed by atoms with Crippen LogP contribution in [0.3, 0.4) is 0 Å². The molecule has 27 heavy (non-hydrogen) atoms. The second-order valence-corrected chi connectivity index (χ2v) is 8.52. The summed E-state index contributed by atoms with van der Waals surface area (Å²) in [6, 6.07) is 0. The minimum atomic E-state index is -0.812. The predicted molar refractivity (Wildman–Crippen MR) is 92.5 cm³/mol. The third-order valence-electron chi connectivity index (χ3n) is 6.45. The van der Waals surface area contributed by atoms with Crippen molar-refractivity contribution in [3.8, 4) is 0 Å². The molecule has 3 heterocycles. The van der Waals surface area contributed by atoms with Gasteiger partial charge in [-0.15, -0.1) is 0 Å². The second-order valence-electron chi connectivity index (χ2n) is 8.52. The number of carbonyl (C=O) groups excluding carboxylic acids is 1. The molecule has 0 amide bonds. The van der Waals surface area contributed by atoms with Gasteiger partial charge < -0.3 is 28.4 Å². The number of hydrogen-bond acceptors (Lipinski definition) is 7. The Kier molecular flexibility index (Phi) is 4.37. The monoisotopic (exact) mass is 380 g/mol. The number of esters is 1. The molecule has 150 valence electrons. The fourth-order valence-electron chi connectivity index (χ4n) is 5.10. The molecule has 7 nitrogen and oxygen atoms in total.